The molecule has 0 spiro atoms. The molecule has 2 fully saturated rings. The highest BCUT2D eigenvalue weighted by Gasteiger charge is 2.79. The molecule has 37 heavy (non-hydrogen) atoms. The number of hydrogen-bond donors (Lipinski definition) is 1. The number of hydrogen-bond acceptors (Lipinski definition) is 3. The predicted octanol–water partition coefficient (Wildman–Crippen LogP) is 6.58. The zero-order chi connectivity index (χ0) is 27.0. The zero-order valence-electron chi connectivity index (χ0n) is 21.5. The highest BCUT2D eigenvalue weighted by molar-refractivity contribution is 5.93. The molecule has 1 N–H and O–H groups in total. The number of fused-ring (bicyclic) bond motifs is 4. The molecule has 2 saturated carbocycles. The first-order valence-electron chi connectivity index (χ1n) is 13.1. The lowest BCUT2D eigenvalue weighted by Gasteiger charge is -2.56. The second-order valence-electron chi connectivity index (χ2n) is 11.9. The maximum Gasteiger partial charge on any atom is 0.456 e. The monoisotopic (exact) mass is 523 g/mol. The van der Waals surface area contributed by atoms with Crippen LogP contribution in [0.2, 0.25) is 0 Å². The van der Waals surface area contributed by atoms with Crippen LogP contribution in [0.5, 0.6) is 0 Å². The third-order valence-electron chi connectivity index (χ3n) is 9.64. The van der Waals surface area contributed by atoms with Gasteiger partial charge in [-0.05, 0) is 92.8 Å². The number of nitrogens with zero attached hydrogens (tertiary/aromatic N) is 1. The van der Waals surface area contributed by atoms with Crippen LogP contribution in [-0.4, -0.2) is 47.6 Å². The smallest absolute Gasteiger partial charge is 0.383 e. The van der Waals surface area contributed by atoms with E-state index in [4.69, 9.17) is 0 Å². The van der Waals surface area contributed by atoms with E-state index >= 15 is 8.78 Å². The summed E-state index contributed by atoms with van der Waals surface area (Å²) in [6.07, 6.45) is -2.49. The van der Waals surface area contributed by atoms with Crippen molar-refractivity contribution in [1.82, 2.24) is 4.90 Å². The summed E-state index contributed by atoms with van der Waals surface area (Å²) in [6.45, 7) is 2.17. The molecule has 1 aromatic rings. The predicted molar refractivity (Wildman–Crippen MR) is 130 cm³/mol. The van der Waals surface area contributed by atoms with Crippen LogP contribution in [0, 0.1) is 17.3 Å². The summed E-state index contributed by atoms with van der Waals surface area (Å²) in [6, 6.07) is 7.83. The number of carbonyl (C=O) groups is 1. The summed E-state index contributed by atoms with van der Waals surface area (Å²) in [5.41, 5.74) is 0.272. The highest BCUT2D eigenvalue weighted by atomic mass is 19.4. The maximum absolute atomic E-state index is 15.0. The van der Waals surface area contributed by atoms with Crippen LogP contribution in [-0.2, 0) is 11.3 Å². The summed E-state index contributed by atoms with van der Waals surface area (Å²) in [5.74, 6) is -6.24. The molecule has 0 bridgehead atoms. The number of allylic oxidation sites excluding steroid dienone is 4. The third-order valence-corrected chi connectivity index (χ3v) is 9.64. The Balaban J connectivity index is 1.65. The molecule has 0 radical (unpaired) electrons. The van der Waals surface area contributed by atoms with Crippen LogP contribution < -0.4 is 0 Å². The van der Waals surface area contributed by atoms with Crippen LogP contribution in [0.1, 0.15) is 68.9 Å². The van der Waals surface area contributed by atoms with E-state index in [1.807, 2.05) is 43.3 Å². The number of halogens is 5. The van der Waals surface area contributed by atoms with Crippen molar-refractivity contribution in [2.45, 2.75) is 82.0 Å². The molecule has 1 aromatic carbocycles. The first-order chi connectivity index (χ1) is 17.2. The Kier molecular flexibility index (Phi) is 6.26. The molecule has 3 unspecified atom stereocenters. The average molecular weight is 524 g/mol. The summed E-state index contributed by atoms with van der Waals surface area (Å²) in [5, 5.41) is 11.3. The van der Waals surface area contributed by atoms with Gasteiger partial charge in [0.25, 0.3) is 0 Å². The molecule has 4 aliphatic rings. The highest BCUT2D eigenvalue weighted by Crippen LogP contribution is 2.70. The van der Waals surface area contributed by atoms with E-state index in [0.717, 1.165) is 27.8 Å². The van der Waals surface area contributed by atoms with Crippen LogP contribution >= 0.6 is 0 Å². The van der Waals surface area contributed by atoms with Gasteiger partial charge in [-0.15, -0.1) is 0 Å². The largest absolute Gasteiger partial charge is 0.456 e. The van der Waals surface area contributed by atoms with Gasteiger partial charge in [-0.2, -0.15) is 22.0 Å². The molecular formula is C29H34F5NO2. The molecule has 0 aromatic heterocycles. The SMILES string of the molecule is CN(C)Cc1ccc([C@H]2CC3(C)C(CC[C@@]3(O)C(F)(F)C(F)(F)F)C3CCC4=CC(=O)CCC4=C32)cc1. The Labute approximate surface area is 214 Å². The zero-order valence-corrected chi connectivity index (χ0v) is 21.5. The topological polar surface area (TPSA) is 40.5 Å². The molecule has 0 saturated heterocycles. The lowest BCUT2D eigenvalue weighted by Crippen LogP contribution is -2.65. The molecule has 0 amide bonds. The summed E-state index contributed by atoms with van der Waals surface area (Å²) < 4.78 is 71.0. The van der Waals surface area contributed by atoms with Crippen molar-refractivity contribution in [3.8, 4) is 0 Å². The van der Waals surface area contributed by atoms with Gasteiger partial charge >= 0.3 is 12.1 Å². The van der Waals surface area contributed by atoms with E-state index in [9.17, 15) is 23.1 Å². The molecular weight excluding hydrogens is 489 g/mol. The summed E-state index contributed by atoms with van der Waals surface area (Å²) in [4.78, 5) is 14.2. The fourth-order valence-corrected chi connectivity index (χ4v) is 7.93. The van der Waals surface area contributed by atoms with E-state index < -0.39 is 41.4 Å². The fourth-order valence-electron chi connectivity index (χ4n) is 7.93. The van der Waals surface area contributed by atoms with Crippen LogP contribution in [0.3, 0.4) is 0 Å². The second kappa shape index (κ2) is 8.73. The number of carbonyl (C=O) groups excluding carboxylic acids is 1. The second-order valence-corrected chi connectivity index (χ2v) is 11.9. The Morgan fingerprint density at radius 3 is 2.32 bits per heavy atom. The van der Waals surface area contributed by atoms with Gasteiger partial charge in [-0.1, -0.05) is 36.8 Å². The minimum atomic E-state index is -5.84. The van der Waals surface area contributed by atoms with Crippen LogP contribution in [0.4, 0.5) is 22.0 Å². The van der Waals surface area contributed by atoms with E-state index in [2.05, 4.69) is 0 Å². The van der Waals surface area contributed by atoms with Crippen molar-refractivity contribution in [3.05, 3.63) is 58.2 Å². The van der Waals surface area contributed by atoms with E-state index in [1.165, 1.54) is 6.92 Å². The van der Waals surface area contributed by atoms with Gasteiger partial charge in [0.2, 0.25) is 0 Å². The summed E-state index contributed by atoms with van der Waals surface area (Å²) >= 11 is 0. The fraction of sp³-hybridized carbons (Fsp3) is 0.621. The van der Waals surface area contributed by atoms with E-state index in [0.29, 0.717) is 32.2 Å². The number of benzene rings is 1. The Morgan fingerprint density at radius 2 is 1.70 bits per heavy atom. The molecule has 3 nitrogen and oxygen atoms in total. The molecule has 4 aliphatic carbocycles. The lowest BCUT2D eigenvalue weighted by atomic mass is 9.50. The quantitative estimate of drug-likeness (QED) is 0.454. The first kappa shape index (κ1) is 26.5. The third kappa shape index (κ3) is 3.92. The van der Waals surface area contributed by atoms with Crippen molar-refractivity contribution < 1.29 is 31.9 Å². The molecule has 5 atom stereocenters. The van der Waals surface area contributed by atoms with Crippen molar-refractivity contribution >= 4 is 5.78 Å². The number of alkyl halides is 5. The van der Waals surface area contributed by atoms with Gasteiger partial charge in [0.15, 0.2) is 5.78 Å². The van der Waals surface area contributed by atoms with Crippen molar-refractivity contribution in [1.29, 1.82) is 0 Å². The summed E-state index contributed by atoms with van der Waals surface area (Å²) in [7, 11) is 3.91. The molecule has 0 aliphatic heterocycles. The Morgan fingerprint density at radius 1 is 1.03 bits per heavy atom. The molecule has 5 rings (SSSR count). The number of aliphatic hydroxyl groups is 1. The van der Waals surface area contributed by atoms with Gasteiger partial charge in [0.05, 0.1) is 0 Å². The maximum atomic E-state index is 15.0. The van der Waals surface area contributed by atoms with Gasteiger partial charge in [-0.25, -0.2) is 0 Å². The van der Waals surface area contributed by atoms with Crippen molar-refractivity contribution in [2.75, 3.05) is 14.1 Å². The van der Waals surface area contributed by atoms with Gasteiger partial charge in [-0.3, -0.25) is 4.79 Å². The minimum Gasteiger partial charge on any atom is -0.383 e. The Hall–Kier alpha value is -2.06. The van der Waals surface area contributed by atoms with Gasteiger partial charge < -0.3 is 10.0 Å². The molecule has 0 heterocycles. The Bertz CT molecular complexity index is 1150. The van der Waals surface area contributed by atoms with Gasteiger partial charge in [0.1, 0.15) is 5.60 Å². The lowest BCUT2D eigenvalue weighted by molar-refractivity contribution is -0.362. The normalized spacial score (nSPS) is 34.3. The van der Waals surface area contributed by atoms with E-state index in [1.54, 1.807) is 6.08 Å². The van der Waals surface area contributed by atoms with Crippen LogP contribution in [0.25, 0.3) is 0 Å². The van der Waals surface area contributed by atoms with Crippen LogP contribution in [0.15, 0.2) is 47.1 Å². The van der Waals surface area contributed by atoms with Crippen molar-refractivity contribution in [2.24, 2.45) is 17.3 Å². The molecule has 8 heteroatoms. The van der Waals surface area contributed by atoms with Crippen molar-refractivity contribution in [3.63, 3.8) is 0 Å². The van der Waals surface area contributed by atoms with E-state index in [-0.39, 0.29) is 24.5 Å². The number of rotatable bonds is 4. The minimum absolute atomic E-state index is 0.00340. The standard InChI is InChI=1S/C29H34F5NO2/c1-26-15-23(18-6-4-17(5-7-18)16-35(2)3)25-21-11-9-20(36)14-19(21)8-10-22(25)24(26)12-13-27(26,37)28(30,31)29(32,33)34/h4-7,14,22-24,37H,8-13,15-16H2,1-3H3/t22?,23-,24?,26?,27+/m1/s1. The average Bonchev–Trinajstić information content (AvgIpc) is 3.09. The molecule has 202 valence electrons. The number of ketones is 1. The van der Waals surface area contributed by atoms with Gasteiger partial charge in [0, 0.05) is 24.3 Å². The first-order valence-corrected chi connectivity index (χ1v) is 13.1.